The van der Waals surface area contributed by atoms with E-state index in [1.807, 2.05) is 0 Å². The largest absolute Gasteiger partial charge is 0.486 e. The lowest BCUT2D eigenvalue weighted by atomic mass is 10.1. The van der Waals surface area contributed by atoms with E-state index < -0.39 is 25.4 Å². The van der Waals surface area contributed by atoms with Crippen molar-refractivity contribution in [3.8, 4) is 5.75 Å². The van der Waals surface area contributed by atoms with E-state index in [-0.39, 0.29) is 23.8 Å². The van der Waals surface area contributed by atoms with Gasteiger partial charge in [-0.3, -0.25) is 9.59 Å². The Hall–Kier alpha value is -3.60. The number of rotatable bonds is 9. The molecule has 11 heteroatoms. The molecule has 0 fully saturated rings. The number of ketones is 1. The number of anilines is 1. The van der Waals surface area contributed by atoms with E-state index in [9.17, 15) is 22.8 Å². The number of carbonyl (C=O) groups is 2. The zero-order chi connectivity index (χ0) is 22.4. The summed E-state index contributed by atoms with van der Waals surface area (Å²) in [5.74, 6) is 0.344. The van der Waals surface area contributed by atoms with Gasteiger partial charge in [0.25, 0.3) is 5.91 Å². The normalized spacial score (nSPS) is 11.4. The summed E-state index contributed by atoms with van der Waals surface area (Å²) in [5, 5.41) is 6.33. The summed E-state index contributed by atoms with van der Waals surface area (Å²) in [6.07, 6.45) is -1.83. The summed E-state index contributed by atoms with van der Waals surface area (Å²) < 4.78 is 52.8. The Morgan fingerprint density at radius 3 is 2.58 bits per heavy atom. The van der Waals surface area contributed by atoms with Crippen molar-refractivity contribution in [3.05, 3.63) is 65.9 Å². The van der Waals surface area contributed by atoms with Gasteiger partial charge in [-0.15, -0.1) is 0 Å². The van der Waals surface area contributed by atoms with Crippen LogP contribution in [0.5, 0.6) is 5.75 Å². The minimum atomic E-state index is -4.43. The highest BCUT2D eigenvalue weighted by molar-refractivity contribution is 6.02. The van der Waals surface area contributed by atoms with Gasteiger partial charge in [-0.1, -0.05) is 0 Å². The molecule has 0 atom stereocenters. The molecule has 0 saturated heterocycles. The van der Waals surface area contributed by atoms with Gasteiger partial charge in [-0.25, -0.2) is 4.68 Å². The van der Waals surface area contributed by atoms with Gasteiger partial charge in [-0.2, -0.15) is 18.3 Å². The molecular formula is C20H18F3N3O5. The minimum Gasteiger partial charge on any atom is -0.486 e. The van der Waals surface area contributed by atoms with Gasteiger partial charge in [0.05, 0.1) is 18.1 Å². The molecule has 0 saturated carbocycles. The summed E-state index contributed by atoms with van der Waals surface area (Å²) in [4.78, 5) is 23.5. The molecule has 3 rings (SSSR count). The Kier molecular flexibility index (Phi) is 6.75. The summed E-state index contributed by atoms with van der Waals surface area (Å²) in [7, 11) is 0. The fourth-order valence-electron chi connectivity index (χ4n) is 2.46. The van der Waals surface area contributed by atoms with Crippen LogP contribution in [0.25, 0.3) is 0 Å². The maximum absolute atomic E-state index is 12.3. The molecule has 1 aromatic carbocycles. The van der Waals surface area contributed by atoms with Gasteiger partial charge in [0, 0.05) is 5.56 Å². The standard InChI is InChI=1S/C20H18F3N3O5/c1-13(27)14-2-4-16(5-3-14)30-10-17-6-7-18(31-17)19(28)25-15-8-24-26(9-15)12-29-11-20(21,22)23/h2-9H,10-12H2,1H3,(H,25,28). The predicted octanol–water partition coefficient (Wildman–Crippen LogP) is 4.05. The molecule has 0 aliphatic carbocycles. The number of halogens is 3. The predicted molar refractivity (Wildman–Crippen MR) is 102 cm³/mol. The van der Waals surface area contributed by atoms with Crippen molar-refractivity contribution in [2.24, 2.45) is 0 Å². The quantitative estimate of drug-likeness (QED) is 0.508. The van der Waals surface area contributed by atoms with Gasteiger partial charge in [0.2, 0.25) is 0 Å². The first-order chi connectivity index (χ1) is 14.7. The summed E-state index contributed by atoms with van der Waals surface area (Å²) in [6.45, 7) is -0.267. The number of hydrogen-bond donors (Lipinski definition) is 1. The third-order valence-electron chi connectivity index (χ3n) is 3.91. The van der Waals surface area contributed by atoms with E-state index in [0.717, 1.165) is 4.68 Å². The van der Waals surface area contributed by atoms with Crippen LogP contribution in [0.3, 0.4) is 0 Å². The van der Waals surface area contributed by atoms with Crippen molar-refractivity contribution < 1.29 is 36.7 Å². The molecule has 31 heavy (non-hydrogen) atoms. The molecule has 3 aromatic rings. The number of alkyl halides is 3. The second-order valence-electron chi connectivity index (χ2n) is 6.45. The molecule has 1 amide bonds. The number of nitrogens with zero attached hydrogens (tertiary/aromatic N) is 2. The first kappa shape index (κ1) is 22.1. The molecule has 164 valence electrons. The molecule has 2 heterocycles. The Bertz CT molecular complexity index is 1040. The molecule has 0 aliphatic heterocycles. The average molecular weight is 437 g/mol. The summed E-state index contributed by atoms with van der Waals surface area (Å²) >= 11 is 0. The molecule has 0 bridgehead atoms. The second kappa shape index (κ2) is 9.47. The lowest BCUT2D eigenvalue weighted by Crippen LogP contribution is -2.18. The Labute approximate surface area is 174 Å². The van der Waals surface area contributed by atoms with Crippen LogP contribution in [0.15, 0.2) is 53.2 Å². The highest BCUT2D eigenvalue weighted by Gasteiger charge is 2.27. The molecular weight excluding hydrogens is 419 g/mol. The maximum atomic E-state index is 12.3. The van der Waals surface area contributed by atoms with E-state index in [1.54, 1.807) is 30.3 Å². The number of furan rings is 1. The van der Waals surface area contributed by atoms with Gasteiger partial charge in [-0.05, 0) is 43.3 Å². The number of carbonyl (C=O) groups excluding carboxylic acids is 2. The van der Waals surface area contributed by atoms with Crippen LogP contribution in [-0.4, -0.2) is 34.3 Å². The first-order valence-corrected chi connectivity index (χ1v) is 9.00. The average Bonchev–Trinajstić information content (AvgIpc) is 3.35. The maximum Gasteiger partial charge on any atom is 0.411 e. The number of ether oxygens (including phenoxy) is 2. The minimum absolute atomic E-state index is 0.0200. The lowest BCUT2D eigenvalue weighted by Gasteiger charge is -2.07. The summed E-state index contributed by atoms with van der Waals surface area (Å²) in [5.41, 5.74) is 0.833. The highest BCUT2D eigenvalue weighted by Crippen LogP contribution is 2.17. The van der Waals surface area contributed by atoms with Crippen LogP contribution in [0.4, 0.5) is 18.9 Å². The lowest BCUT2D eigenvalue weighted by molar-refractivity contribution is -0.182. The highest BCUT2D eigenvalue weighted by atomic mass is 19.4. The van der Waals surface area contributed by atoms with Gasteiger partial charge < -0.3 is 19.2 Å². The Balaban J connectivity index is 1.49. The smallest absolute Gasteiger partial charge is 0.411 e. The van der Waals surface area contributed by atoms with E-state index in [0.29, 0.717) is 17.1 Å². The molecule has 0 unspecified atom stereocenters. The van der Waals surface area contributed by atoms with Gasteiger partial charge in [0.1, 0.15) is 31.5 Å². The van der Waals surface area contributed by atoms with Crippen LogP contribution in [-0.2, 0) is 18.1 Å². The topological polar surface area (TPSA) is 95.6 Å². The number of Topliss-reactive ketones (excluding diaryl/α,β-unsaturated/α-hetero) is 1. The van der Waals surface area contributed by atoms with Crippen LogP contribution < -0.4 is 10.1 Å². The van der Waals surface area contributed by atoms with E-state index in [4.69, 9.17) is 9.15 Å². The SMILES string of the molecule is CC(=O)c1ccc(OCc2ccc(C(=O)Nc3cnn(COCC(F)(F)F)c3)o2)cc1. The molecule has 0 radical (unpaired) electrons. The van der Waals surface area contributed by atoms with E-state index in [1.165, 1.54) is 25.4 Å². The zero-order valence-electron chi connectivity index (χ0n) is 16.3. The first-order valence-electron chi connectivity index (χ1n) is 9.00. The van der Waals surface area contributed by atoms with Gasteiger partial charge in [0.15, 0.2) is 11.5 Å². The molecule has 1 N–H and O–H groups in total. The van der Waals surface area contributed by atoms with Crippen LogP contribution in [0.1, 0.15) is 33.6 Å². The third kappa shape index (κ3) is 6.71. The Morgan fingerprint density at radius 1 is 1.16 bits per heavy atom. The van der Waals surface area contributed by atoms with E-state index in [2.05, 4.69) is 15.2 Å². The number of amides is 1. The van der Waals surface area contributed by atoms with E-state index >= 15 is 0 Å². The number of hydrogen-bond acceptors (Lipinski definition) is 6. The molecule has 0 spiro atoms. The van der Waals surface area contributed by atoms with Crippen LogP contribution >= 0.6 is 0 Å². The van der Waals surface area contributed by atoms with Crippen molar-refractivity contribution in [3.63, 3.8) is 0 Å². The zero-order valence-corrected chi connectivity index (χ0v) is 16.3. The molecule has 0 aliphatic rings. The van der Waals surface area contributed by atoms with Gasteiger partial charge >= 0.3 is 6.18 Å². The van der Waals surface area contributed by atoms with Crippen molar-refractivity contribution in [1.29, 1.82) is 0 Å². The Morgan fingerprint density at radius 2 is 1.90 bits per heavy atom. The number of benzene rings is 1. The fourth-order valence-corrected chi connectivity index (χ4v) is 2.46. The van der Waals surface area contributed by atoms with Crippen molar-refractivity contribution in [1.82, 2.24) is 9.78 Å². The van der Waals surface area contributed by atoms with Crippen LogP contribution in [0, 0.1) is 0 Å². The summed E-state index contributed by atoms with van der Waals surface area (Å²) in [6, 6.07) is 9.64. The van der Waals surface area contributed by atoms with Crippen LogP contribution in [0.2, 0.25) is 0 Å². The van der Waals surface area contributed by atoms with Crippen molar-refractivity contribution in [2.45, 2.75) is 26.4 Å². The second-order valence-corrected chi connectivity index (χ2v) is 6.45. The number of nitrogens with one attached hydrogen (secondary N) is 1. The monoisotopic (exact) mass is 437 g/mol. The molecule has 8 nitrogen and oxygen atoms in total. The van der Waals surface area contributed by atoms with Crippen molar-refractivity contribution >= 4 is 17.4 Å². The fraction of sp³-hybridized carbons (Fsp3) is 0.250. The number of aromatic nitrogens is 2. The van der Waals surface area contributed by atoms with Crippen molar-refractivity contribution in [2.75, 3.05) is 11.9 Å². The molecule has 2 aromatic heterocycles. The third-order valence-corrected chi connectivity index (χ3v) is 3.91.